The molecule has 1 aromatic carbocycles. The number of amides is 2. The van der Waals surface area contributed by atoms with Gasteiger partial charge in [0.25, 0.3) is 0 Å². The molecule has 0 bridgehead atoms. The third-order valence-electron chi connectivity index (χ3n) is 6.29. The molecule has 3 atom stereocenters. The fraction of sp³-hybridized carbons (Fsp3) is 0.579. The lowest BCUT2D eigenvalue weighted by atomic mass is 9.81. The van der Waals surface area contributed by atoms with E-state index < -0.39 is 11.4 Å². The molecule has 0 aromatic heterocycles. The average molecular weight is 361 g/mol. The monoisotopic (exact) mass is 361 g/mol. The van der Waals surface area contributed by atoms with E-state index in [-0.39, 0.29) is 23.8 Å². The number of hydrogen-bond donors (Lipinski definition) is 2. The minimum Gasteiger partial charge on any atom is -0.481 e. The molecule has 7 heteroatoms. The molecule has 2 aliphatic heterocycles. The Balaban J connectivity index is 1.36. The molecule has 0 radical (unpaired) electrons. The number of para-hydroxylation sites is 1. The Morgan fingerprint density at radius 1 is 1.23 bits per heavy atom. The molecule has 140 valence electrons. The molecule has 26 heavy (non-hydrogen) atoms. The number of nitrogens with zero attached hydrogens (tertiary/aromatic N) is 2. The quantitative estimate of drug-likeness (QED) is 0.867. The third kappa shape index (κ3) is 2.79. The number of benzene rings is 1. The number of likely N-dealkylation sites (tertiary alicyclic amines) is 1. The van der Waals surface area contributed by atoms with E-state index in [1.54, 1.807) is 23.1 Å². The summed E-state index contributed by atoms with van der Waals surface area (Å²) in [6.45, 7) is 2.06. The topological polar surface area (TPSA) is 72.9 Å². The Bertz CT molecular complexity index is 728. The first kappa shape index (κ1) is 17.1. The molecule has 6 nitrogen and oxygen atoms in total. The first-order valence-electron chi connectivity index (χ1n) is 9.28. The standard InChI is InChI=1S/C19H24FN3O3/c20-15-5-1-2-6-16(15)22-9-7-14(11-22)21-18(26)23-10-13-4-3-8-19(13,12-23)17(24)25/h1-2,5-6,13-14H,3-4,7-12H2,(H,21,26)(H,24,25)/t13-,14?,19+/m0/s1. The number of nitrogens with one attached hydrogen (secondary N) is 1. The summed E-state index contributed by atoms with van der Waals surface area (Å²) >= 11 is 0. The Morgan fingerprint density at radius 3 is 2.77 bits per heavy atom. The maximum Gasteiger partial charge on any atom is 0.317 e. The second kappa shape index (κ2) is 6.45. The molecule has 3 aliphatic rings. The van der Waals surface area contributed by atoms with Gasteiger partial charge in [-0.2, -0.15) is 0 Å². The van der Waals surface area contributed by atoms with Crippen LogP contribution < -0.4 is 10.2 Å². The van der Waals surface area contributed by atoms with E-state index >= 15 is 0 Å². The number of urea groups is 1. The summed E-state index contributed by atoms with van der Waals surface area (Å²) in [5.74, 6) is -0.971. The van der Waals surface area contributed by atoms with Crippen molar-refractivity contribution in [3.05, 3.63) is 30.1 Å². The number of carboxylic acids is 1. The van der Waals surface area contributed by atoms with Crippen molar-refractivity contribution in [2.75, 3.05) is 31.1 Å². The van der Waals surface area contributed by atoms with Crippen LogP contribution in [-0.4, -0.2) is 54.2 Å². The van der Waals surface area contributed by atoms with Gasteiger partial charge in [-0.15, -0.1) is 0 Å². The highest BCUT2D eigenvalue weighted by Crippen LogP contribution is 2.48. The molecule has 1 aliphatic carbocycles. The van der Waals surface area contributed by atoms with Crippen LogP contribution in [0.3, 0.4) is 0 Å². The summed E-state index contributed by atoms with van der Waals surface area (Å²) in [5.41, 5.74) is -0.198. The molecule has 4 rings (SSSR count). The molecule has 1 saturated carbocycles. The van der Waals surface area contributed by atoms with E-state index in [0.717, 1.165) is 19.3 Å². The normalized spacial score (nSPS) is 30.5. The average Bonchev–Trinajstić information content (AvgIpc) is 3.29. The molecule has 1 aromatic rings. The zero-order chi connectivity index (χ0) is 18.3. The van der Waals surface area contributed by atoms with Crippen LogP contribution in [0.1, 0.15) is 25.7 Å². The smallest absolute Gasteiger partial charge is 0.317 e. The molecule has 2 saturated heterocycles. The first-order chi connectivity index (χ1) is 12.5. The van der Waals surface area contributed by atoms with Crippen LogP contribution in [0.15, 0.2) is 24.3 Å². The predicted octanol–water partition coefficient (Wildman–Crippen LogP) is 2.30. The van der Waals surface area contributed by atoms with Gasteiger partial charge in [0.05, 0.1) is 11.1 Å². The fourth-order valence-electron chi connectivity index (χ4n) is 4.86. The number of aliphatic carboxylic acids is 1. The largest absolute Gasteiger partial charge is 0.481 e. The maximum absolute atomic E-state index is 13.9. The number of halogens is 1. The Morgan fingerprint density at radius 2 is 2.04 bits per heavy atom. The van der Waals surface area contributed by atoms with Gasteiger partial charge in [0.1, 0.15) is 5.82 Å². The molecular weight excluding hydrogens is 337 g/mol. The lowest BCUT2D eigenvalue weighted by Gasteiger charge is -2.24. The van der Waals surface area contributed by atoms with Gasteiger partial charge in [-0.3, -0.25) is 4.79 Å². The van der Waals surface area contributed by atoms with Crippen LogP contribution in [0.2, 0.25) is 0 Å². The van der Waals surface area contributed by atoms with Crippen molar-refractivity contribution >= 4 is 17.7 Å². The lowest BCUT2D eigenvalue weighted by molar-refractivity contribution is -0.149. The minimum atomic E-state index is -0.776. The second-order valence-corrected chi connectivity index (χ2v) is 7.76. The molecule has 1 unspecified atom stereocenters. The summed E-state index contributed by atoms with van der Waals surface area (Å²) in [6, 6.07) is 6.41. The van der Waals surface area contributed by atoms with Crippen molar-refractivity contribution in [3.63, 3.8) is 0 Å². The van der Waals surface area contributed by atoms with Crippen LogP contribution in [0.5, 0.6) is 0 Å². The van der Waals surface area contributed by atoms with Crippen LogP contribution in [-0.2, 0) is 4.79 Å². The van der Waals surface area contributed by atoms with Gasteiger partial charge in [0.15, 0.2) is 0 Å². The summed E-state index contributed by atoms with van der Waals surface area (Å²) in [7, 11) is 0. The lowest BCUT2D eigenvalue weighted by Crippen LogP contribution is -2.46. The van der Waals surface area contributed by atoms with Crippen LogP contribution in [0, 0.1) is 17.2 Å². The number of anilines is 1. The Kier molecular flexibility index (Phi) is 4.25. The van der Waals surface area contributed by atoms with Crippen molar-refractivity contribution in [3.8, 4) is 0 Å². The molecule has 3 fully saturated rings. The van der Waals surface area contributed by atoms with Crippen molar-refractivity contribution < 1.29 is 19.1 Å². The maximum atomic E-state index is 13.9. The van der Waals surface area contributed by atoms with Crippen molar-refractivity contribution in [2.24, 2.45) is 11.3 Å². The van der Waals surface area contributed by atoms with Crippen LogP contribution >= 0.6 is 0 Å². The van der Waals surface area contributed by atoms with E-state index in [4.69, 9.17) is 0 Å². The van der Waals surface area contributed by atoms with E-state index in [1.807, 2.05) is 4.90 Å². The highest BCUT2D eigenvalue weighted by atomic mass is 19.1. The zero-order valence-electron chi connectivity index (χ0n) is 14.7. The van der Waals surface area contributed by atoms with Crippen molar-refractivity contribution in [1.82, 2.24) is 10.2 Å². The number of carbonyl (C=O) groups excluding carboxylic acids is 1. The number of hydrogen-bond acceptors (Lipinski definition) is 3. The van der Waals surface area contributed by atoms with Crippen LogP contribution in [0.4, 0.5) is 14.9 Å². The van der Waals surface area contributed by atoms with Gasteiger partial charge >= 0.3 is 12.0 Å². The van der Waals surface area contributed by atoms with E-state index in [9.17, 15) is 19.1 Å². The van der Waals surface area contributed by atoms with Gasteiger partial charge in [-0.1, -0.05) is 18.6 Å². The number of fused-ring (bicyclic) bond motifs is 1. The van der Waals surface area contributed by atoms with Gasteiger partial charge in [0.2, 0.25) is 0 Å². The number of rotatable bonds is 3. The number of carboxylic acid groups (broad SMARTS) is 1. The Labute approximate surface area is 152 Å². The zero-order valence-corrected chi connectivity index (χ0v) is 14.7. The first-order valence-corrected chi connectivity index (χ1v) is 9.28. The summed E-state index contributed by atoms with van der Waals surface area (Å²) in [6.07, 6.45) is 3.20. The molecule has 0 spiro atoms. The second-order valence-electron chi connectivity index (χ2n) is 7.76. The highest BCUT2D eigenvalue weighted by molar-refractivity contribution is 5.80. The third-order valence-corrected chi connectivity index (χ3v) is 6.29. The highest BCUT2D eigenvalue weighted by Gasteiger charge is 2.55. The minimum absolute atomic E-state index is 0.0525. The molecular formula is C19H24FN3O3. The van der Waals surface area contributed by atoms with Gasteiger partial charge < -0.3 is 20.2 Å². The van der Waals surface area contributed by atoms with Crippen LogP contribution in [0.25, 0.3) is 0 Å². The predicted molar refractivity (Wildman–Crippen MR) is 94.5 cm³/mol. The summed E-state index contributed by atoms with van der Waals surface area (Å²) < 4.78 is 13.9. The molecule has 2 N–H and O–H groups in total. The number of carbonyl (C=O) groups is 2. The molecule has 2 heterocycles. The van der Waals surface area contributed by atoms with Gasteiger partial charge in [0, 0.05) is 32.2 Å². The van der Waals surface area contributed by atoms with E-state index in [2.05, 4.69) is 5.32 Å². The van der Waals surface area contributed by atoms with Crippen molar-refractivity contribution in [1.29, 1.82) is 0 Å². The fourth-order valence-corrected chi connectivity index (χ4v) is 4.86. The summed E-state index contributed by atoms with van der Waals surface area (Å²) in [5, 5.41) is 12.7. The van der Waals surface area contributed by atoms with E-state index in [1.165, 1.54) is 6.07 Å². The SMILES string of the molecule is O=C(NC1CCN(c2ccccc2F)C1)N1C[C@@H]2CCC[C@@]2(C(=O)O)C1. The Hall–Kier alpha value is -2.31. The van der Waals surface area contributed by atoms with Gasteiger partial charge in [-0.25, -0.2) is 9.18 Å². The van der Waals surface area contributed by atoms with E-state index in [0.29, 0.717) is 38.3 Å². The molecule has 2 amide bonds. The van der Waals surface area contributed by atoms with Crippen molar-refractivity contribution in [2.45, 2.75) is 31.7 Å². The van der Waals surface area contributed by atoms with Gasteiger partial charge in [-0.05, 0) is 37.3 Å². The summed E-state index contributed by atoms with van der Waals surface area (Å²) in [4.78, 5) is 28.0.